The van der Waals surface area contributed by atoms with Gasteiger partial charge in [0, 0.05) is 17.8 Å². The third kappa shape index (κ3) is 3.78. The Labute approximate surface area is 169 Å². The van der Waals surface area contributed by atoms with Gasteiger partial charge < -0.3 is 14.8 Å². The largest absolute Gasteiger partial charge is 0.345 e. The smallest absolute Gasteiger partial charge is 0.246 e. The number of para-hydroxylation sites is 3. The molecule has 1 N–H and O–H groups in total. The van der Waals surface area contributed by atoms with Crippen LogP contribution in [0.3, 0.4) is 0 Å². The second-order valence-electron chi connectivity index (χ2n) is 7.34. The van der Waals surface area contributed by atoms with Gasteiger partial charge in [0.05, 0.1) is 17.6 Å². The third-order valence-electron chi connectivity index (χ3n) is 5.23. The van der Waals surface area contributed by atoms with E-state index < -0.39 is 0 Å². The second kappa shape index (κ2) is 7.91. The molecule has 4 rings (SSSR count). The van der Waals surface area contributed by atoms with E-state index in [2.05, 4.69) is 22.9 Å². The van der Waals surface area contributed by atoms with Crippen LogP contribution in [0.1, 0.15) is 24.7 Å². The number of carbonyl (C=O) groups excluding carboxylic acids is 2. The lowest BCUT2D eigenvalue weighted by Crippen LogP contribution is -2.38. The maximum Gasteiger partial charge on any atom is 0.246 e. The lowest BCUT2D eigenvalue weighted by Gasteiger charge is -2.29. The minimum Gasteiger partial charge on any atom is -0.345 e. The third-order valence-corrected chi connectivity index (χ3v) is 5.23. The van der Waals surface area contributed by atoms with Crippen molar-refractivity contribution in [3.63, 3.8) is 0 Å². The van der Waals surface area contributed by atoms with E-state index in [0.717, 1.165) is 29.6 Å². The van der Waals surface area contributed by atoms with Crippen molar-refractivity contribution in [1.82, 2.24) is 14.9 Å². The molecule has 1 aliphatic heterocycles. The molecule has 0 bridgehead atoms. The number of aromatic nitrogens is 2. The molecule has 6 nitrogen and oxygen atoms in total. The summed E-state index contributed by atoms with van der Waals surface area (Å²) in [7, 11) is 0. The molecule has 3 aromatic rings. The van der Waals surface area contributed by atoms with Crippen LogP contribution in [0.4, 0.5) is 5.69 Å². The number of hydrogen-bond donors (Lipinski definition) is 1. The van der Waals surface area contributed by atoms with Crippen molar-refractivity contribution in [1.29, 1.82) is 0 Å². The fourth-order valence-corrected chi connectivity index (χ4v) is 3.76. The number of nitrogens with one attached hydrogen (secondary N) is 1. The maximum atomic E-state index is 13.2. The van der Waals surface area contributed by atoms with Gasteiger partial charge in [-0.3, -0.25) is 9.59 Å². The van der Waals surface area contributed by atoms with Crippen molar-refractivity contribution >= 4 is 28.5 Å². The number of anilines is 1. The predicted octanol–water partition coefficient (Wildman–Crippen LogP) is 3.21. The monoisotopic (exact) mass is 388 g/mol. The van der Waals surface area contributed by atoms with Gasteiger partial charge in [0.2, 0.25) is 11.8 Å². The minimum absolute atomic E-state index is 0.0211. The molecule has 0 aliphatic carbocycles. The molecule has 2 amide bonds. The molecule has 0 saturated heterocycles. The van der Waals surface area contributed by atoms with E-state index >= 15 is 0 Å². The number of amides is 2. The molecule has 1 aliphatic rings. The maximum absolute atomic E-state index is 13.2. The van der Waals surface area contributed by atoms with Crippen LogP contribution in [0, 0.1) is 0 Å². The van der Waals surface area contributed by atoms with Gasteiger partial charge in [0.1, 0.15) is 12.4 Å². The molecule has 0 atom stereocenters. The lowest BCUT2D eigenvalue weighted by molar-refractivity contribution is -0.119. The van der Waals surface area contributed by atoms with Crippen molar-refractivity contribution in [2.45, 2.75) is 32.9 Å². The second-order valence-corrected chi connectivity index (χ2v) is 7.34. The zero-order valence-electron chi connectivity index (χ0n) is 16.5. The van der Waals surface area contributed by atoms with Gasteiger partial charge in [-0.1, -0.05) is 36.9 Å². The average molecular weight is 388 g/mol. The quantitative estimate of drug-likeness (QED) is 0.683. The highest BCUT2D eigenvalue weighted by Gasteiger charge is 2.24. The fraction of sp³-hybridized carbons (Fsp3) is 0.261. The van der Waals surface area contributed by atoms with Gasteiger partial charge >= 0.3 is 0 Å². The van der Waals surface area contributed by atoms with Crippen molar-refractivity contribution in [2.24, 2.45) is 0 Å². The summed E-state index contributed by atoms with van der Waals surface area (Å²) in [6.07, 6.45) is 1.95. The Morgan fingerprint density at radius 2 is 1.90 bits per heavy atom. The van der Waals surface area contributed by atoms with Gasteiger partial charge in [-0.25, -0.2) is 4.98 Å². The van der Waals surface area contributed by atoms with E-state index in [-0.39, 0.29) is 24.9 Å². The van der Waals surface area contributed by atoms with Crippen LogP contribution in [0.5, 0.6) is 0 Å². The Morgan fingerprint density at radius 3 is 2.72 bits per heavy atom. The summed E-state index contributed by atoms with van der Waals surface area (Å²) < 4.78 is 1.90. The summed E-state index contributed by atoms with van der Waals surface area (Å²) in [6.45, 7) is 6.45. The van der Waals surface area contributed by atoms with Crippen LogP contribution < -0.4 is 10.2 Å². The number of carbonyl (C=O) groups is 2. The predicted molar refractivity (Wildman–Crippen MR) is 114 cm³/mol. The zero-order valence-corrected chi connectivity index (χ0v) is 16.5. The molecule has 0 unspecified atom stereocenters. The summed E-state index contributed by atoms with van der Waals surface area (Å²) in [5.41, 5.74) is 4.32. The van der Waals surface area contributed by atoms with Crippen LogP contribution in [0.2, 0.25) is 0 Å². The molecule has 6 heteroatoms. The SMILES string of the molecule is C=C(C)C(=O)NCc1nc2ccccc2n1CC(=O)N1CCCc2ccccc21. The average Bonchev–Trinajstić information content (AvgIpc) is 3.08. The normalized spacial score (nSPS) is 13.2. The van der Waals surface area contributed by atoms with Crippen LogP contribution >= 0.6 is 0 Å². The van der Waals surface area contributed by atoms with Crippen molar-refractivity contribution in [3.8, 4) is 0 Å². The van der Waals surface area contributed by atoms with Crippen molar-refractivity contribution < 1.29 is 9.59 Å². The highest BCUT2D eigenvalue weighted by atomic mass is 16.2. The highest BCUT2D eigenvalue weighted by Crippen LogP contribution is 2.27. The number of benzene rings is 2. The van der Waals surface area contributed by atoms with E-state index in [0.29, 0.717) is 17.9 Å². The van der Waals surface area contributed by atoms with E-state index in [1.165, 1.54) is 5.56 Å². The molecule has 0 fully saturated rings. The van der Waals surface area contributed by atoms with E-state index in [1.54, 1.807) is 6.92 Å². The Hall–Kier alpha value is -3.41. The summed E-state index contributed by atoms with van der Waals surface area (Å²) in [6, 6.07) is 15.8. The summed E-state index contributed by atoms with van der Waals surface area (Å²) in [5, 5.41) is 2.82. The molecule has 0 saturated carbocycles. The number of nitrogens with zero attached hydrogens (tertiary/aromatic N) is 3. The Morgan fingerprint density at radius 1 is 1.14 bits per heavy atom. The Bertz CT molecular complexity index is 1100. The molecule has 2 aromatic carbocycles. The highest BCUT2D eigenvalue weighted by molar-refractivity contribution is 5.95. The molecule has 2 heterocycles. The molecule has 148 valence electrons. The zero-order chi connectivity index (χ0) is 20.4. The van der Waals surface area contributed by atoms with Crippen LogP contribution in [0.25, 0.3) is 11.0 Å². The lowest BCUT2D eigenvalue weighted by atomic mass is 10.0. The summed E-state index contributed by atoms with van der Waals surface area (Å²) in [5.74, 6) is 0.451. The Balaban J connectivity index is 1.63. The molecule has 29 heavy (non-hydrogen) atoms. The topological polar surface area (TPSA) is 67.2 Å². The number of fused-ring (bicyclic) bond motifs is 2. The van der Waals surface area contributed by atoms with Crippen LogP contribution in [0.15, 0.2) is 60.7 Å². The first-order valence-electron chi connectivity index (χ1n) is 9.80. The summed E-state index contributed by atoms with van der Waals surface area (Å²) >= 11 is 0. The van der Waals surface area contributed by atoms with Crippen molar-refractivity contribution in [3.05, 3.63) is 72.1 Å². The van der Waals surface area contributed by atoms with E-state index in [1.807, 2.05) is 51.9 Å². The van der Waals surface area contributed by atoms with Gasteiger partial charge in [0.25, 0.3) is 0 Å². The number of rotatable bonds is 5. The van der Waals surface area contributed by atoms with Crippen LogP contribution in [-0.2, 0) is 29.1 Å². The number of aryl methyl sites for hydroxylation is 1. The van der Waals surface area contributed by atoms with Gasteiger partial charge in [-0.15, -0.1) is 0 Å². The van der Waals surface area contributed by atoms with Crippen LogP contribution in [-0.4, -0.2) is 27.9 Å². The molecule has 0 radical (unpaired) electrons. The van der Waals surface area contributed by atoms with E-state index in [4.69, 9.17) is 0 Å². The Kier molecular flexibility index (Phi) is 5.16. The first-order valence-corrected chi connectivity index (χ1v) is 9.80. The van der Waals surface area contributed by atoms with Crippen molar-refractivity contribution in [2.75, 3.05) is 11.4 Å². The number of hydrogen-bond acceptors (Lipinski definition) is 3. The summed E-state index contributed by atoms with van der Waals surface area (Å²) in [4.78, 5) is 31.7. The van der Waals surface area contributed by atoms with Gasteiger partial charge in [0.15, 0.2) is 0 Å². The first-order chi connectivity index (χ1) is 14.0. The standard InChI is InChI=1S/C23H24N4O2/c1-16(2)23(29)24-14-21-25-18-10-4-6-12-20(18)27(21)15-22(28)26-13-7-9-17-8-3-5-11-19(17)26/h3-6,8,10-12H,1,7,9,13-15H2,2H3,(H,24,29). The molecular weight excluding hydrogens is 364 g/mol. The van der Waals surface area contributed by atoms with Gasteiger partial charge in [-0.2, -0.15) is 0 Å². The minimum atomic E-state index is -0.222. The number of imidazole rings is 1. The molecule has 0 spiro atoms. The molecule has 1 aromatic heterocycles. The van der Waals surface area contributed by atoms with E-state index in [9.17, 15) is 9.59 Å². The first kappa shape index (κ1) is 18.9. The fourth-order valence-electron chi connectivity index (χ4n) is 3.76. The molecular formula is C23H24N4O2. The van der Waals surface area contributed by atoms with Gasteiger partial charge in [-0.05, 0) is 43.5 Å².